The lowest BCUT2D eigenvalue weighted by Gasteiger charge is -2.24. The summed E-state index contributed by atoms with van der Waals surface area (Å²) in [6.07, 6.45) is 2.67. The average molecular weight is 397 g/mol. The van der Waals surface area contributed by atoms with Gasteiger partial charge in [-0.3, -0.25) is 14.6 Å². The van der Waals surface area contributed by atoms with Gasteiger partial charge in [-0.25, -0.2) is 9.59 Å². The minimum Gasteiger partial charge on any atom is -0.466 e. The van der Waals surface area contributed by atoms with E-state index in [0.717, 1.165) is 0 Å². The van der Waals surface area contributed by atoms with Crippen LogP contribution < -0.4 is 16.6 Å². The second kappa shape index (κ2) is 10.7. The number of ether oxygens (including phenoxy) is 2. The summed E-state index contributed by atoms with van der Waals surface area (Å²) >= 11 is 0. The first-order valence-electron chi connectivity index (χ1n) is 9.47. The zero-order chi connectivity index (χ0) is 21.3. The Hall–Kier alpha value is -2.58. The third kappa shape index (κ3) is 8.88. The molecule has 0 aliphatic heterocycles. The van der Waals surface area contributed by atoms with E-state index < -0.39 is 22.9 Å². The summed E-state index contributed by atoms with van der Waals surface area (Å²) in [6, 6.07) is -0.302. The molecule has 0 aliphatic carbocycles. The molecule has 0 saturated heterocycles. The molecule has 0 radical (unpaired) electrons. The van der Waals surface area contributed by atoms with Gasteiger partial charge in [0.15, 0.2) is 0 Å². The maximum absolute atomic E-state index is 12.1. The van der Waals surface area contributed by atoms with Crippen LogP contribution in [0.1, 0.15) is 58.9 Å². The molecule has 0 aromatic carbocycles. The smallest absolute Gasteiger partial charge is 0.407 e. The van der Waals surface area contributed by atoms with Crippen molar-refractivity contribution in [2.24, 2.45) is 0 Å². The van der Waals surface area contributed by atoms with E-state index in [1.807, 2.05) is 0 Å². The molecule has 2 N–H and O–H groups in total. The van der Waals surface area contributed by atoms with E-state index in [0.29, 0.717) is 38.0 Å². The van der Waals surface area contributed by atoms with Gasteiger partial charge in [0.05, 0.1) is 6.61 Å². The lowest BCUT2D eigenvalue weighted by atomic mass is 10.1. The van der Waals surface area contributed by atoms with Crippen LogP contribution in [0.3, 0.4) is 0 Å². The number of amides is 1. The van der Waals surface area contributed by atoms with E-state index in [-0.39, 0.29) is 18.4 Å². The van der Waals surface area contributed by atoms with Crippen LogP contribution in [0.2, 0.25) is 0 Å². The molecule has 28 heavy (non-hydrogen) atoms. The standard InChI is InChI=1S/C19H31N3O6/c1-6-27-15(23)9-7-8-14(20-18(26)28-19(3,4)5)10-11-22-12-13(2)16(24)21-17(22)25/h12,14H,6-11H2,1-5H3,(H,20,26)(H,21,24,25)/t14-/m0/s1. The normalized spacial score (nSPS) is 12.3. The van der Waals surface area contributed by atoms with Crippen LogP contribution in [0.5, 0.6) is 0 Å². The molecule has 1 aromatic heterocycles. The molecule has 158 valence electrons. The Kier molecular flexibility index (Phi) is 8.94. The lowest BCUT2D eigenvalue weighted by Crippen LogP contribution is -2.40. The highest BCUT2D eigenvalue weighted by Crippen LogP contribution is 2.11. The summed E-state index contributed by atoms with van der Waals surface area (Å²) in [4.78, 5) is 49.3. The van der Waals surface area contributed by atoms with Crippen molar-refractivity contribution in [2.45, 2.75) is 78.5 Å². The summed E-state index contributed by atoms with van der Waals surface area (Å²) in [5, 5.41) is 2.79. The number of hydrogen-bond donors (Lipinski definition) is 2. The Balaban J connectivity index is 2.74. The number of alkyl carbamates (subject to hydrolysis) is 1. The van der Waals surface area contributed by atoms with Crippen LogP contribution >= 0.6 is 0 Å². The monoisotopic (exact) mass is 397 g/mol. The number of aryl methyl sites for hydroxylation is 2. The molecule has 1 rings (SSSR count). The van der Waals surface area contributed by atoms with Gasteiger partial charge in [0.25, 0.3) is 5.56 Å². The Morgan fingerprint density at radius 1 is 1.25 bits per heavy atom. The van der Waals surface area contributed by atoms with E-state index in [1.54, 1.807) is 34.6 Å². The number of aromatic nitrogens is 2. The van der Waals surface area contributed by atoms with Crippen molar-refractivity contribution in [2.75, 3.05) is 6.61 Å². The van der Waals surface area contributed by atoms with Crippen molar-refractivity contribution in [1.82, 2.24) is 14.9 Å². The number of esters is 1. The molecule has 0 fully saturated rings. The molecule has 1 aromatic rings. The Morgan fingerprint density at radius 3 is 2.54 bits per heavy atom. The number of carbonyl (C=O) groups is 2. The van der Waals surface area contributed by atoms with Crippen molar-refractivity contribution in [3.05, 3.63) is 32.6 Å². The van der Waals surface area contributed by atoms with E-state index in [1.165, 1.54) is 10.8 Å². The van der Waals surface area contributed by atoms with Gasteiger partial charge < -0.3 is 19.4 Å². The largest absolute Gasteiger partial charge is 0.466 e. The number of nitrogens with one attached hydrogen (secondary N) is 2. The molecule has 9 heteroatoms. The third-order valence-electron chi connectivity index (χ3n) is 3.87. The third-order valence-corrected chi connectivity index (χ3v) is 3.87. The number of carbonyl (C=O) groups excluding carboxylic acids is 2. The van der Waals surface area contributed by atoms with Crippen LogP contribution in [-0.4, -0.2) is 39.9 Å². The van der Waals surface area contributed by atoms with Crippen molar-refractivity contribution < 1.29 is 19.1 Å². The number of aromatic amines is 1. The molecule has 0 spiro atoms. The first-order chi connectivity index (χ1) is 13.0. The van der Waals surface area contributed by atoms with Gasteiger partial charge in [0.2, 0.25) is 0 Å². The minimum atomic E-state index is -0.632. The van der Waals surface area contributed by atoms with Gasteiger partial charge in [0, 0.05) is 30.8 Å². The van der Waals surface area contributed by atoms with E-state index >= 15 is 0 Å². The summed E-state index contributed by atoms with van der Waals surface area (Å²) in [6.45, 7) is 9.30. The molecular formula is C19H31N3O6. The number of hydrogen-bond acceptors (Lipinski definition) is 6. The molecule has 1 heterocycles. The number of H-pyrrole nitrogens is 1. The molecule has 0 saturated carbocycles. The van der Waals surface area contributed by atoms with E-state index in [2.05, 4.69) is 10.3 Å². The van der Waals surface area contributed by atoms with Gasteiger partial charge in [-0.1, -0.05) is 0 Å². The van der Waals surface area contributed by atoms with Gasteiger partial charge >= 0.3 is 17.8 Å². The highest BCUT2D eigenvalue weighted by atomic mass is 16.6. The van der Waals surface area contributed by atoms with Crippen LogP contribution in [-0.2, 0) is 20.8 Å². The Morgan fingerprint density at radius 2 is 1.93 bits per heavy atom. The van der Waals surface area contributed by atoms with Crippen LogP contribution in [0.25, 0.3) is 0 Å². The van der Waals surface area contributed by atoms with Gasteiger partial charge in [-0.2, -0.15) is 0 Å². The molecule has 0 aliphatic rings. The quantitative estimate of drug-likeness (QED) is 0.614. The summed E-state index contributed by atoms with van der Waals surface area (Å²) in [5.74, 6) is -0.286. The molecule has 9 nitrogen and oxygen atoms in total. The van der Waals surface area contributed by atoms with Crippen molar-refractivity contribution in [3.8, 4) is 0 Å². The topological polar surface area (TPSA) is 119 Å². The second-order valence-corrected chi connectivity index (χ2v) is 7.59. The second-order valence-electron chi connectivity index (χ2n) is 7.59. The van der Waals surface area contributed by atoms with E-state index in [4.69, 9.17) is 9.47 Å². The van der Waals surface area contributed by atoms with Gasteiger partial charge in [-0.05, 0) is 53.9 Å². The predicted octanol–water partition coefficient (Wildman–Crippen LogP) is 1.86. The van der Waals surface area contributed by atoms with E-state index in [9.17, 15) is 19.2 Å². The van der Waals surface area contributed by atoms with Gasteiger partial charge in [-0.15, -0.1) is 0 Å². The van der Waals surface area contributed by atoms with Crippen LogP contribution in [0, 0.1) is 6.92 Å². The van der Waals surface area contributed by atoms with Gasteiger partial charge in [0.1, 0.15) is 5.60 Å². The Labute approximate surface area is 164 Å². The highest BCUT2D eigenvalue weighted by Gasteiger charge is 2.20. The lowest BCUT2D eigenvalue weighted by molar-refractivity contribution is -0.143. The molecule has 0 unspecified atom stereocenters. The number of nitrogens with zero attached hydrogens (tertiary/aromatic N) is 1. The fourth-order valence-corrected chi connectivity index (χ4v) is 2.57. The van der Waals surface area contributed by atoms with Crippen molar-refractivity contribution in [3.63, 3.8) is 0 Å². The average Bonchev–Trinajstić information content (AvgIpc) is 2.55. The van der Waals surface area contributed by atoms with Crippen LogP contribution in [0.4, 0.5) is 4.79 Å². The fraction of sp³-hybridized carbons (Fsp3) is 0.684. The first kappa shape index (κ1) is 23.5. The molecule has 1 atom stereocenters. The fourth-order valence-electron chi connectivity index (χ4n) is 2.57. The summed E-state index contributed by atoms with van der Waals surface area (Å²) in [7, 11) is 0. The van der Waals surface area contributed by atoms with Crippen molar-refractivity contribution >= 4 is 12.1 Å². The summed E-state index contributed by atoms with van der Waals surface area (Å²) in [5.41, 5.74) is -1.12. The maximum atomic E-state index is 12.1. The molecule has 0 bridgehead atoms. The highest BCUT2D eigenvalue weighted by molar-refractivity contribution is 5.69. The zero-order valence-electron chi connectivity index (χ0n) is 17.3. The summed E-state index contributed by atoms with van der Waals surface area (Å²) < 4.78 is 11.6. The zero-order valence-corrected chi connectivity index (χ0v) is 17.3. The molecular weight excluding hydrogens is 366 g/mol. The van der Waals surface area contributed by atoms with Crippen molar-refractivity contribution in [1.29, 1.82) is 0 Å². The predicted molar refractivity (Wildman–Crippen MR) is 104 cm³/mol. The molecule has 1 amide bonds. The maximum Gasteiger partial charge on any atom is 0.407 e. The number of rotatable bonds is 9. The SMILES string of the molecule is CCOC(=O)CCC[C@@H](CCn1cc(C)c(=O)[nH]c1=O)NC(=O)OC(C)(C)C. The first-order valence-corrected chi connectivity index (χ1v) is 9.47. The Bertz CT molecular complexity index is 775. The van der Waals surface area contributed by atoms with Crippen LogP contribution in [0.15, 0.2) is 15.8 Å². The minimum absolute atomic E-state index is 0.248.